The fourth-order valence-corrected chi connectivity index (χ4v) is 1.63. The Labute approximate surface area is 104 Å². The SMILES string of the molecule is Cc1ccc(Oc2ccc(F)c(F)c2)c(CN)c1. The molecule has 94 valence electrons. The van der Waals surface area contributed by atoms with Crippen molar-refractivity contribution in [2.24, 2.45) is 5.73 Å². The Morgan fingerprint density at radius 3 is 2.50 bits per heavy atom. The minimum atomic E-state index is -0.936. The predicted octanol–water partition coefficient (Wildman–Crippen LogP) is 3.52. The van der Waals surface area contributed by atoms with Crippen molar-refractivity contribution in [1.29, 1.82) is 0 Å². The number of benzene rings is 2. The molecule has 0 unspecified atom stereocenters. The quantitative estimate of drug-likeness (QED) is 0.903. The zero-order valence-electron chi connectivity index (χ0n) is 9.91. The first-order valence-corrected chi connectivity index (χ1v) is 5.52. The van der Waals surface area contributed by atoms with E-state index < -0.39 is 11.6 Å². The molecule has 0 aliphatic carbocycles. The Morgan fingerprint density at radius 2 is 1.83 bits per heavy atom. The molecule has 0 bridgehead atoms. The van der Waals surface area contributed by atoms with Crippen LogP contribution in [0.4, 0.5) is 8.78 Å². The van der Waals surface area contributed by atoms with E-state index in [1.165, 1.54) is 6.07 Å². The lowest BCUT2D eigenvalue weighted by atomic mass is 10.1. The third-order valence-corrected chi connectivity index (χ3v) is 2.55. The van der Waals surface area contributed by atoms with Crippen LogP contribution in [0.5, 0.6) is 11.5 Å². The Bertz CT molecular complexity index is 570. The van der Waals surface area contributed by atoms with Gasteiger partial charge in [0.25, 0.3) is 0 Å². The molecule has 2 aromatic rings. The van der Waals surface area contributed by atoms with Crippen molar-refractivity contribution < 1.29 is 13.5 Å². The van der Waals surface area contributed by atoms with Crippen LogP contribution in [0.15, 0.2) is 36.4 Å². The largest absolute Gasteiger partial charge is 0.457 e. The molecule has 4 heteroatoms. The molecular formula is C14H13F2NO. The Balaban J connectivity index is 2.30. The highest BCUT2D eigenvalue weighted by atomic mass is 19.2. The summed E-state index contributed by atoms with van der Waals surface area (Å²) in [6, 6.07) is 8.94. The third-order valence-electron chi connectivity index (χ3n) is 2.55. The second kappa shape index (κ2) is 5.14. The van der Waals surface area contributed by atoms with Crippen molar-refractivity contribution in [3.05, 3.63) is 59.2 Å². The molecule has 0 atom stereocenters. The van der Waals surface area contributed by atoms with E-state index in [1.807, 2.05) is 19.1 Å². The summed E-state index contributed by atoms with van der Waals surface area (Å²) in [7, 11) is 0. The van der Waals surface area contributed by atoms with E-state index in [2.05, 4.69) is 0 Å². The van der Waals surface area contributed by atoms with E-state index in [4.69, 9.17) is 10.5 Å². The van der Waals surface area contributed by atoms with Gasteiger partial charge in [-0.15, -0.1) is 0 Å². The molecule has 0 heterocycles. The average Bonchev–Trinajstić information content (AvgIpc) is 2.36. The standard InChI is InChI=1S/C14H13F2NO/c1-9-2-5-14(10(6-9)8-17)18-11-3-4-12(15)13(16)7-11/h2-7H,8,17H2,1H3. The van der Waals surface area contributed by atoms with Crippen molar-refractivity contribution in [1.82, 2.24) is 0 Å². The van der Waals surface area contributed by atoms with Crippen molar-refractivity contribution in [3.63, 3.8) is 0 Å². The van der Waals surface area contributed by atoms with Crippen LogP contribution in [0.2, 0.25) is 0 Å². The van der Waals surface area contributed by atoms with Gasteiger partial charge >= 0.3 is 0 Å². The van der Waals surface area contributed by atoms with Crippen LogP contribution in [-0.4, -0.2) is 0 Å². The summed E-state index contributed by atoms with van der Waals surface area (Å²) in [5.74, 6) is -1.04. The second-order valence-corrected chi connectivity index (χ2v) is 3.99. The molecule has 0 aliphatic rings. The van der Waals surface area contributed by atoms with Crippen LogP contribution >= 0.6 is 0 Å². The lowest BCUT2D eigenvalue weighted by Crippen LogP contribution is -2.00. The van der Waals surface area contributed by atoms with Gasteiger partial charge in [0.1, 0.15) is 11.5 Å². The second-order valence-electron chi connectivity index (χ2n) is 3.99. The number of nitrogens with two attached hydrogens (primary N) is 1. The fraction of sp³-hybridized carbons (Fsp3) is 0.143. The number of hydrogen-bond acceptors (Lipinski definition) is 2. The van der Waals surface area contributed by atoms with Crippen LogP contribution in [0.25, 0.3) is 0 Å². The lowest BCUT2D eigenvalue weighted by Gasteiger charge is -2.11. The zero-order valence-corrected chi connectivity index (χ0v) is 9.91. The first-order chi connectivity index (χ1) is 8.60. The lowest BCUT2D eigenvalue weighted by molar-refractivity contribution is 0.457. The number of aryl methyl sites for hydroxylation is 1. The van der Waals surface area contributed by atoms with E-state index in [-0.39, 0.29) is 5.75 Å². The topological polar surface area (TPSA) is 35.2 Å². The van der Waals surface area contributed by atoms with Crippen molar-refractivity contribution in [2.45, 2.75) is 13.5 Å². The van der Waals surface area contributed by atoms with Gasteiger partial charge in [-0.3, -0.25) is 0 Å². The van der Waals surface area contributed by atoms with E-state index in [0.29, 0.717) is 12.3 Å². The molecule has 0 saturated heterocycles. The van der Waals surface area contributed by atoms with Crippen LogP contribution < -0.4 is 10.5 Å². The van der Waals surface area contributed by atoms with Gasteiger partial charge in [-0.1, -0.05) is 17.7 Å². The molecule has 0 saturated carbocycles. The summed E-state index contributed by atoms with van der Waals surface area (Å²) in [4.78, 5) is 0. The zero-order chi connectivity index (χ0) is 13.1. The number of rotatable bonds is 3. The average molecular weight is 249 g/mol. The predicted molar refractivity (Wildman–Crippen MR) is 65.5 cm³/mol. The molecule has 0 aromatic heterocycles. The molecular weight excluding hydrogens is 236 g/mol. The Hall–Kier alpha value is -1.94. The van der Waals surface area contributed by atoms with Gasteiger partial charge in [-0.25, -0.2) is 8.78 Å². The van der Waals surface area contributed by atoms with E-state index in [9.17, 15) is 8.78 Å². The number of ether oxygens (including phenoxy) is 1. The first-order valence-electron chi connectivity index (χ1n) is 5.52. The molecule has 2 rings (SSSR count). The Kier molecular flexibility index (Phi) is 3.58. The van der Waals surface area contributed by atoms with Crippen molar-refractivity contribution in [3.8, 4) is 11.5 Å². The molecule has 2 N–H and O–H groups in total. The van der Waals surface area contributed by atoms with Crippen LogP contribution in [0.1, 0.15) is 11.1 Å². The summed E-state index contributed by atoms with van der Waals surface area (Å²) >= 11 is 0. The smallest absolute Gasteiger partial charge is 0.162 e. The third kappa shape index (κ3) is 2.65. The maximum Gasteiger partial charge on any atom is 0.162 e. The minimum absolute atomic E-state index is 0.243. The summed E-state index contributed by atoms with van der Waals surface area (Å²) in [5, 5.41) is 0. The number of hydrogen-bond donors (Lipinski definition) is 1. The van der Waals surface area contributed by atoms with Gasteiger partial charge in [0.2, 0.25) is 0 Å². The van der Waals surface area contributed by atoms with Crippen molar-refractivity contribution in [2.75, 3.05) is 0 Å². The van der Waals surface area contributed by atoms with Gasteiger partial charge in [-0.05, 0) is 25.1 Å². The van der Waals surface area contributed by atoms with Gasteiger partial charge in [0, 0.05) is 18.2 Å². The van der Waals surface area contributed by atoms with E-state index in [1.54, 1.807) is 6.07 Å². The molecule has 0 amide bonds. The van der Waals surface area contributed by atoms with E-state index in [0.717, 1.165) is 23.3 Å². The van der Waals surface area contributed by atoms with Gasteiger partial charge in [0.05, 0.1) is 0 Å². The van der Waals surface area contributed by atoms with Crippen molar-refractivity contribution >= 4 is 0 Å². The maximum atomic E-state index is 13.0. The molecule has 2 nitrogen and oxygen atoms in total. The van der Waals surface area contributed by atoms with Crippen LogP contribution in [0.3, 0.4) is 0 Å². The van der Waals surface area contributed by atoms with Crippen LogP contribution in [0, 0.1) is 18.6 Å². The molecule has 2 aromatic carbocycles. The minimum Gasteiger partial charge on any atom is -0.457 e. The van der Waals surface area contributed by atoms with E-state index >= 15 is 0 Å². The molecule has 0 aliphatic heterocycles. The van der Waals surface area contributed by atoms with Gasteiger partial charge in [-0.2, -0.15) is 0 Å². The summed E-state index contributed by atoms with van der Waals surface area (Å²) in [6.45, 7) is 2.27. The first kappa shape index (κ1) is 12.5. The molecule has 0 spiro atoms. The van der Waals surface area contributed by atoms with Crippen LogP contribution in [-0.2, 0) is 6.54 Å². The van der Waals surface area contributed by atoms with Gasteiger partial charge < -0.3 is 10.5 Å². The highest BCUT2D eigenvalue weighted by Crippen LogP contribution is 2.27. The summed E-state index contributed by atoms with van der Waals surface area (Å²) in [5.41, 5.74) is 7.50. The highest BCUT2D eigenvalue weighted by Gasteiger charge is 2.07. The molecule has 0 radical (unpaired) electrons. The monoisotopic (exact) mass is 249 g/mol. The molecule has 18 heavy (non-hydrogen) atoms. The van der Waals surface area contributed by atoms with Gasteiger partial charge in [0.15, 0.2) is 11.6 Å². The normalized spacial score (nSPS) is 10.4. The number of halogens is 2. The summed E-state index contributed by atoms with van der Waals surface area (Å²) < 4.78 is 31.3. The highest BCUT2D eigenvalue weighted by molar-refractivity contribution is 5.40. The fourth-order valence-electron chi connectivity index (χ4n) is 1.63. The summed E-state index contributed by atoms with van der Waals surface area (Å²) in [6.07, 6.45) is 0. The maximum absolute atomic E-state index is 13.0. The molecule has 0 fully saturated rings. The Morgan fingerprint density at radius 1 is 1.06 bits per heavy atom.